The molecule has 0 heterocycles. The number of benzene rings is 3. The van der Waals surface area contributed by atoms with Crippen LogP contribution in [0.15, 0.2) is 77.7 Å². The standard InChI is InChI=1S/C28H33N3O4S/c1-20-10-9-11-24(16-20)18-30(23(4)28(33)29-5)27(32)19-31(25-15-14-21(2)22(3)17-25)36(34,35)26-12-7-6-8-13-26/h6-17,23H,18-19H2,1-5H3,(H,29,33)/t23-/m1/s1. The highest BCUT2D eigenvalue weighted by atomic mass is 32.2. The third kappa shape index (κ3) is 6.12. The Bertz CT molecular complexity index is 1340. The summed E-state index contributed by atoms with van der Waals surface area (Å²) in [5.74, 6) is -0.815. The zero-order valence-corrected chi connectivity index (χ0v) is 22.2. The fourth-order valence-electron chi connectivity index (χ4n) is 3.93. The van der Waals surface area contributed by atoms with E-state index in [1.165, 1.54) is 24.1 Å². The highest BCUT2D eigenvalue weighted by molar-refractivity contribution is 7.92. The van der Waals surface area contributed by atoms with E-state index in [-0.39, 0.29) is 17.3 Å². The molecule has 1 N–H and O–H groups in total. The number of hydrogen-bond donors (Lipinski definition) is 1. The van der Waals surface area contributed by atoms with Crippen LogP contribution in [-0.4, -0.2) is 44.8 Å². The molecule has 1 atom stereocenters. The van der Waals surface area contributed by atoms with Crippen molar-refractivity contribution in [2.75, 3.05) is 17.9 Å². The normalized spacial score (nSPS) is 12.0. The fourth-order valence-corrected chi connectivity index (χ4v) is 5.35. The molecule has 3 aromatic rings. The zero-order chi connectivity index (χ0) is 26.5. The molecule has 7 nitrogen and oxygen atoms in total. The van der Waals surface area contributed by atoms with Crippen LogP contribution in [0.4, 0.5) is 5.69 Å². The first-order valence-corrected chi connectivity index (χ1v) is 13.2. The summed E-state index contributed by atoms with van der Waals surface area (Å²) in [6.07, 6.45) is 0. The zero-order valence-electron chi connectivity index (χ0n) is 21.4. The molecule has 0 bridgehead atoms. The molecule has 0 fully saturated rings. The fraction of sp³-hybridized carbons (Fsp3) is 0.286. The van der Waals surface area contributed by atoms with E-state index in [1.807, 2.05) is 51.1 Å². The van der Waals surface area contributed by atoms with Gasteiger partial charge in [0, 0.05) is 13.6 Å². The molecule has 0 radical (unpaired) electrons. The molecule has 0 unspecified atom stereocenters. The third-order valence-corrected chi connectivity index (χ3v) is 8.03. The van der Waals surface area contributed by atoms with Crippen LogP contribution < -0.4 is 9.62 Å². The second kappa shape index (κ2) is 11.4. The molecule has 36 heavy (non-hydrogen) atoms. The Hall–Kier alpha value is -3.65. The molecule has 0 saturated carbocycles. The van der Waals surface area contributed by atoms with Crippen LogP contribution in [0, 0.1) is 20.8 Å². The summed E-state index contributed by atoms with van der Waals surface area (Å²) < 4.78 is 28.6. The van der Waals surface area contributed by atoms with Crippen LogP contribution >= 0.6 is 0 Å². The van der Waals surface area contributed by atoms with Gasteiger partial charge in [-0.3, -0.25) is 13.9 Å². The number of rotatable bonds is 9. The van der Waals surface area contributed by atoms with Gasteiger partial charge in [-0.05, 0) is 68.7 Å². The molecule has 8 heteroatoms. The van der Waals surface area contributed by atoms with Crippen molar-refractivity contribution in [1.82, 2.24) is 10.2 Å². The first-order valence-electron chi connectivity index (χ1n) is 11.8. The van der Waals surface area contributed by atoms with E-state index >= 15 is 0 Å². The summed E-state index contributed by atoms with van der Waals surface area (Å²) in [6, 6.07) is 20.2. The van der Waals surface area contributed by atoms with Crippen LogP contribution in [-0.2, 0) is 26.2 Å². The molecule has 0 aliphatic heterocycles. The number of anilines is 1. The van der Waals surface area contributed by atoms with Gasteiger partial charge in [0.25, 0.3) is 10.0 Å². The van der Waals surface area contributed by atoms with Crippen LogP contribution in [0.25, 0.3) is 0 Å². The summed E-state index contributed by atoms with van der Waals surface area (Å²) >= 11 is 0. The first kappa shape index (κ1) is 26.9. The van der Waals surface area contributed by atoms with Crippen LogP contribution in [0.5, 0.6) is 0 Å². The number of carbonyl (C=O) groups is 2. The minimum atomic E-state index is -4.06. The van der Waals surface area contributed by atoms with Crippen molar-refractivity contribution < 1.29 is 18.0 Å². The van der Waals surface area contributed by atoms with Crippen LogP contribution in [0.2, 0.25) is 0 Å². The maximum atomic E-state index is 13.7. The highest BCUT2D eigenvalue weighted by Gasteiger charge is 2.32. The van der Waals surface area contributed by atoms with E-state index < -0.39 is 28.5 Å². The summed E-state index contributed by atoms with van der Waals surface area (Å²) in [7, 11) is -2.55. The van der Waals surface area contributed by atoms with Gasteiger partial charge in [-0.1, -0.05) is 54.1 Å². The molecule has 0 aliphatic carbocycles. The van der Waals surface area contributed by atoms with Crippen molar-refractivity contribution >= 4 is 27.5 Å². The van der Waals surface area contributed by atoms with Gasteiger partial charge in [0.1, 0.15) is 12.6 Å². The van der Waals surface area contributed by atoms with Crippen molar-refractivity contribution in [3.8, 4) is 0 Å². The average molecular weight is 508 g/mol. The van der Waals surface area contributed by atoms with Gasteiger partial charge in [0.15, 0.2) is 0 Å². The van der Waals surface area contributed by atoms with Crippen molar-refractivity contribution in [3.63, 3.8) is 0 Å². The minimum absolute atomic E-state index is 0.0839. The predicted octanol–water partition coefficient (Wildman–Crippen LogP) is 3.97. The van der Waals surface area contributed by atoms with Crippen LogP contribution in [0.1, 0.15) is 29.2 Å². The number of likely N-dealkylation sites (N-methyl/N-ethyl adjacent to an activating group) is 1. The molecule has 0 saturated heterocycles. The Labute approximate surface area is 213 Å². The largest absolute Gasteiger partial charge is 0.357 e. The lowest BCUT2D eigenvalue weighted by Gasteiger charge is -2.32. The topological polar surface area (TPSA) is 86.8 Å². The van der Waals surface area contributed by atoms with Gasteiger partial charge in [0.2, 0.25) is 11.8 Å². The van der Waals surface area contributed by atoms with E-state index in [4.69, 9.17) is 0 Å². The van der Waals surface area contributed by atoms with Crippen molar-refractivity contribution in [1.29, 1.82) is 0 Å². The number of carbonyl (C=O) groups excluding carboxylic acids is 2. The second-order valence-electron chi connectivity index (χ2n) is 8.89. The molecule has 2 amide bonds. The maximum Gasteiger partial charge on any atom is 0.264 e. The maximum absolute atomic E-state index is 13.7. The molecular formula is C28H33N3O4S. The SMILES string of the molecule is CNC(=O)[C@@H](C)N(Cc1cccc(C)c1)C(=O)CN(c1ccc(C)c(C)c1)S(=O)(=O)c1ccccc1. The summed E-state index contributed by atoms with van der Waals surface area (Å²) in [5, 5.41) is 2.59. The first-order chi connectivity index (χ1) is 17.0. The lowest BCUT2D eigenvalue weighted by atomic mass is 10.1. The minimum Gasteiger partial charge on any atom is -0.357 e. The predicted molar refractivity (Wildman–Crippen MR) is 142 cm³/mol. The van der Waals surface area contributed by atoms with Gasteiger partial charge in [-0.25, -0.2) is 8.42 Å². The monoisotopic (exact) mass is 507 g/mol. The second-order valence-corrected chi connectivity index (χ2v) is 10.8. The molecule has 0 aromatic heterocycles. The Morgan fingerprint density at radius 3 is 2.19 bits per heavy atom. The van der Waals surface area contributed by atoms with E-state index in [9.17, 15) is 18.0 Å². The van der Waals surface area contributed by atoms with Crippen molar-refractivity contribution in [2.45, 2.75) is 45.2 Å². The van der Waals surface area contributed by atoms with Gasteiger partial charge in [-0.15, -0.1) is 0 Å². The van der Waals surface area contributed by atoms with Crippen molar-refractivity contribution in [3.05, 3.63) is 95.1 Å². The van der Waals surface area contributed by atoms with Gasteiger partial charge in [0.05, 0.1) is 10.6 Å². The number of amides is 2. The average Bonchev–Trinajstić information content (AvgIpc) is 2.87. The van der Waals surface area contributed by atoms with E-state index in [0.29, 0.717) is 5.69 Å². The summed E-state index contributed by atoms with van der Waals surface area (Å²) in [6.45, 7) is 7.14. The van der Waals surface area contributed by atoms with Gasteiger partial charge >= 0.3 is 0 Å². The van der Waals surface area contributed by atoms with Crippen molar-refractivity contribution in [2.24, 2.45) is 0 Å². The van der Waals surface area contributed by atoms with Gasteiger partial charge < -0.3 is 10.2 Å². The molecule has 3 rings (SSSR count). The quantitative estimate of drug-likeness (QED) is 0.475. The Kier molecular flexibility index (Phi) is 8.53. The lowest BCUT2D eigenvalue weighted by Crippen LogP contribution is -2.50. The molecule has 3 aromatic carbocycles. The Morgan fingerprint density at radius 2 is 1.58 bits per heavy atom. The number of sulfonamides is 1. The number of hydrogen-bond acceptors (Lipinski definition) is 4. The smallest absolute Gasteiger partial charge is 0.264 e. The Morgan fingerprint density at radius 1 is 0.889 bits per heavy atom. The van der Waals surface area contributed by atoms with E-state index in [0.717, 1.165) is 26.6 Å². The third-order valence-electron chi connectivity index (χ3n) is 6.24. The molecular weight excluding hydrogens is 474 g/mol. The summed E-state index contributed by atoms with van der Waals surface area (Å²) in [5.41, 5.74) is 4.18. The van der Waals surface area contributed by atoms with E-state index in [1.54, 1.807) is 37.3 Å². The molecule has 190 valence electrons. The lowest BCUT2D eigenvalue weighted by molar-refractivity contribution is -0.139. The summed E-state index contributed by atoms with van der Waals surface area (Å²) in [4.78, 5) is 27.8. The number of nitrogens with one attached hydrogen (secondary N) is 1. The molecule has 0 spiro atoms. The van der Waals surface area contributed by atoms with E-state index in [2.05, 4.69) is 5.32 Å². The van der Waals surface area contributed by atoms with Gasteiger partial charge in [-0.2, -0.15) is 0 Å². The highest BCUT2D eigenvalue weighted by Crippen LogP contribution is 2.26. The number of nitrogens with zero attached hydrogens (tertiary/aromatic N) is 2. The Balaban J connectivity index is 2.05. The number of aryl methyl sites for hydroxylation is 3. The van der Waals surface area contributed by atoms with Crippen LogP contribution in [0.3, 0.4) is 0 Å². The molecule has 0 aliphatic rings.